The van der Waals surface area contributed by atoms with Crippen molar-refractivity contribution in [3.63, 3.8) is 0 Å². The van der Waals surface area contributed by atoms with E-state index < -0.39 is 65.2 Å². The maximum atomic E-state index is 13.7. The van der Waals surface area contributed by atoms with Gasteiger partial charge >= 0.3 is 24.6 Å². The van der Waals surface area contributed by atoms with Gasteiger partial charge in [-0.1, -0.05) is 53.0 Å². The molecule has 5 nitrogen and oxygen atoms in total. The molecule has 2 aromatic rings. The zero-order valence-corrected chi connectivity index (χ0v) is 20.4. The maximum absolute atomic E-state index is 13.7. The van der Waals surface area contributed by atoms with Crippen LogP contribution in [0.4, 0.5) is 44.3 Å². The summed E-state index contributed by atoms with van der Waals surface area (Å²) in [5.74, 6) is -3.92. The fourth-order valence-corrected chi connectivity index (χ4v) is 3.49. The van der Waals surface area contributed by atoms with Gasteiger partial charge in [-0.25, -0.2) is 10.2 Å². The molecule has 0 heterocycles. The number of hydrogen-bond donors (Lipinski definition) is 3. The van der Waals surface area contributed by atoms with Gasteiger partial charge in [0.1, 0.15) is 6.54 Å². The normalized spacial score (nSPS) is 13.4. The minimum Gasteiger partial charge on any atom is -0.328 e. The van der Waals surface area contributed by atoms with Crippen molar-refractivity contribution in [1.29, 1.82) is 0 Å². The molecule has 0 saturated heterocycles. The van der Waals surface area contributed by atoms with E-state index in [4.69, 9.17) is 34.8 Å². The molecular weight excluding hydrogens is 604 g/mol. The van der Waals surface area contributed by atoms with Crippen LogP contribution in [-0.2, 0) is 6.18 Å². The Morgan fingerprint density at radius 2 is 1.45 bits per heavy atom. The number of hydrogen-bond acceptors (Lipinski definition) is 2. The highest BCUT2D eigenvalue weighted by Gasteiger charge is 2.40. The molecular formula is C21H13Cl3F9N3O2. The standard InChI is InChI=1S/C21H13Cl3F9N3O2/c22-14-6-10(7-15(23)16(14)24)12(20(28,29)30)4-2-9-1-3-11(13(5-9)21(31,32)33)17(37)35-36-18(38)34-8-19(25,26)27/h1-7,12H,8H2,(H,35,37)(H2,34,36,38). The number of urea groups is 1. The number of alkyl halides is 9. The van der Waals surface area contributed by atoms with E-state index >= 15 is 0 Å². The van der Waals surface area contributed by atoms with Gasteiger partial charge in [0.15, 0.2) is 0 Å². The third-order valence-corrected chi connectivity index (χ3v) is 5.73. The van der Waals surface area contributed by atoms with E-state index in [9.17, 15) is 49.1 Å². The van der Waals surface area contributed by atoms with Crippen molar-refractivity contribution in [2.45, 2.75) is 24.4 Å². The quantitative estimate of drug-likeness (QED) is 0.185. The largest absolute Gasteiger partial charge is 0.417 e. The lowest BCUT2D eigenvalue weighted by molar-refractivity contribution is -0.139. The monoisotopic (exact) mass is 615 g/mol. The van der Waals surface area contributed by atoms with Crippen molar-refractivity contribution in [1.82, 2.24) is 16.2 Å². The smallest absolute Gasteiger partial charge is 0.328 e. The minimum atomic E-state index is -5.18. The molecule has 208 valence electrons. The van der Waals surface area contributed by atoms with Gasteiger partial charge in [0, 0.05) is 0 Å². The lowest BCUT2D eigenvalue weighted by atomic mass is 9.96. The third kappa shape index (κ3) is 8.88. The Morgan fingerprint density at radius 1 is 0.868 bits per heavy atom. The number of rotatable bonds is 5. The van der Waals surface area contributed by atoms with E-state index in [2.05, 4.69) is 0 Å². The number of hydrazine groups is 1. The first kappa shape index (κ1) is 31.4. The van der Waals surface area contributed by atoms with Gasteiger partial charge in [0.2, 0.25) is 0 Å². The topological polar surface area (TPSA) is 70.2 Å². The second-order valence-electron chi connectivity index (χ2n) is 7.36. The van der Waals surface area contributed by atoms with Crippen molar-refractivity contribution >= 4 is 52.8 Å². The molecule has 0 aliphatic rings. The van der Waals surface area contributed by atoms with Crippen molar-refractivity contribution in [2.24, 2.45) is 0 Å². The van der Waals surface area contributed by atoms with Crippen LogP contribution in [0, 0.1) is 0 Å². The fourth-order valence-electron chi connectivity index (χ4n) is 2.87. The summed E-state index contributed by atoms with van der Waals surface area (Å²) in [6, 6.07) is 2.06. The highest BCUT2D eigenvalue weighted by molar-refractivity contribution is 6.48. The Bertz CT molecular complexity index is 1210. The maximum Gasteiger partial charge on any atom is 0.417 e. The van der Waals surface area contributed by atoms with E-state index in [1.165, 1.54) is 16.2 Å². The van der Waals surface area contributed by atoms with E-state index in [0.717, 1.165) is 18.2 Å². The summed E-state index contributed by atoms with van der Waals surface area (Å²) in [7, 11) is 0. The number of nitrogens with one attached hydrogen (secondary N) is 3. The predicted molar refractivity (Wildman–Crippen MR) is 121 cm³/mol. The van der Waals surface area contributed by atoms with Crippen molar-refractivity contribution < 1.29 is 49.1 Å². The summed E-state index contributed by atoms with van der Waals surface area (Å²) >= 11 is 17.3. The van der Waals surface area contributed by atoms with Gasteiger partial charge < -0.3 is 5.32 Å². The first-order chi connectivity index (χ1) is 17.3. The number of halogens is 12. The summed E-state index contributed by atoms with van der Waals surface area (Å²) in [5, 5.41) is 0.543. The lowest BCUT2D eigenvalue weighted by Crippen LogP contribution is -2.49. The summed E-state index contributed by atoms with van der Waals surface area (Å²) in [4.78, 5) is 23.4. The third-order valence-electron chi connectivity index (χ3n) is 4.53. The number of carbonyl (C=O) groups excluding carboxylic acids is 2. The van der Waals surface area contributed by atoms with E-state index in [1.807, 2.05) is 0 Å². The van der Waals surface area contributed by atoms with Gasteiger partial charge in [-0.3, -0.25) is 10.2 Å². The number of allylic oxidation sites excluding steroid dienone is 1. The molecule has 38 heavy (non-hydrogen) atoms. The SMILES string of the molecule is O=C(NCC(F)(F)F)NNC(=O)c1ccc(C=CC(c2cc(Cl)c(Cl)c(Cl)c2)C(F)(F)F)cc1C(F)(F)F. The Hall–Kier alpha value is -2.84. The van der Waals surface area contributed by atoms with Gasteiger partial charge in [-0.05, 0) is 35.4 Å². The molecule has 0 bridgehead atoms. The van der Waals surface area contributed by atoms with Crippen LogP contribution in [-0.4, -0.2) is 30.8 Å². The Morgan fingerprint density at radius 3 is 1.95 bits per heavy atom. The summed E-state index contributed by atoms with van der Waals surface area (Å²) in [5.41, 5.74) is -0.572. The molecule has 2 aromatic carbocycles. The molecule has 0 aromatic heterocycles. The number of amides is 3. The molecule has 2 rings (SSSR count). The van der Waals surface area contributed by atoms with Crippen molar-refractivity contribution in [3.8, 4) is 0 Å². The fraction of sp³-hybridized carbons (Fsp3) is 0.238. The summed E-state index contributed by atoms with van der Waals surface area (Å²) < 4.78 is 118. The van der Waals surface area contributed by atoms with Crippen LogP contribution in [0.25, 0.3) is 6.08 Å². The van der Waals surface area contributed by atoms with Crippen LogP contribution in [0.5, 0.6) is 0 Å². The predicted octanol–water partition coefficient (Wildman–Crippen LogP) is 7.53. The molecule has 0 aliphatic carbocycles. The van der Waals surface area contributed by atoms with Crippen molar-refractivity contribution in [3.05, 3.63) is 73.7 Å². The van der Waals surface area contributed by atoms with Crippen LogP contribution < -0.4 is 16.2 Å². The summed E-state index contributed by atoms with van der Waals surface area (Å²) in [6.45, 7) is -1.78. The average Bonchev–Trinajstić information content (AvgIpc) is 2.77. The molecule has 0 aliphatic heterocycles. The van der Waals surface area contributed by atoms with Crippen molar-refractivity contribution in [2.75, 3.05) is 6.54 Å². The van der Waals surface area contributed by atoms with Crippen LogP contribution in [0.1, 0.15) is 33.0 Å². The van der Waals surface area contributed by atoms with Crippen LogP contribution in [0.2, 0.25) is 15.1 Å². The lowest BCUT2D eigenvalue weighted by Gasteiger charge is -2.19. The van der Waals surface area contributed by atoms with E-state index in [0.29, 0.717) is 24.3 Å². The highest BCUT2D eigenvalue weighted by Crippen LogP contribution is 2.41. The molecule has 17 heteroatoms. The second-order valence-corrected chi connectivity index (χ2v) is 8.55. The molecule has 3 amide bonds. The Balaban J connectivity index is 2.33. The molecule has 1 unspecified atom stereocenters. The zero-order chi connectivity index (χ0) is 29.1. The second kappa shape index (κ2) is 11.9. The molecule has 0 spiro atoms. The molecule has 0 radical (unpaired) electrons. The first-order valence-electron chi connectivity index (χ1n) is 9.81. The first-order valence-corrected chi connectivity index (χ1v) is 10.9. The van der Waals surface area contributed by atoms with E-state index in [1.54, 1.807) is 0 Å². The van der Waals surface area contributed by atoms with Gasteiger partial charge in [0.05, 0.1) is 32.1 Å². The molecule has 0 saturated carbocycles. The van der Waals surface area contributed by atoms with Crippen LogP contribution in [0.15, 0.2) is 36.4 Å². The van der Waals surface area contributed by atoms with Gasteiger partial charge in [-0.15, -0.1) is 0 Å². The average molecular weight is 617 g/mol. The molecule has 3 N–H and O–H groups in total. The van der Waals surface area contributed by atoms with Gasteiger partial charge in [-0.2, -0.15) is 39.5 Å². The summed E-state index contributed by atoms with van der Waals surface area (Å²) in [6.07, 6.45) is -13.6. The number of carbonyl (C=O) groups is 2. The zero-order valence-electron chi connectivity index (χ0n) is 18.2. The van der Waals surface area contributed by atoms with Crippen LogP contribution in [0.3, 0.4) is 0 Å². The Labute approximate surface area is 222 Å². The van der Waals surface area contributed by atoms with Gasteiger partial charge in [0.25, 0.3) is 5.91 Å². The highest BCUT2D eigenvalue weighted by atomic mass is 35.5. The van der Waals surface area contributed by atoms with E-state index in [-0.39, 0.29) is 15.1 Å². The molecule has 0 fully saturated rings. The molecule has 1 atom stereocenters. The Kier molecular flexibility index (Phi) is 9.83. The minimum absolute atomic E-state index is 0.196. The number of benzene rings is 2. The van der Waals surface area contributed by atoms with Crippen LogP contribution >= 0.6 is 34.8 Å².